The molecule has 7 nitrogen and oxygen atoms in total. The summed E-state index contributed by atoms with van der Waals surface area (Å²) >= 11 is 0. The summed E-state index contributed by atoms with van der Waals surface area (Å²) < 4.78 is 1.23. The Labute approximate surface area is 110 Å². The first-order valence-corrected chi connectivity index (χ1v) is 6.54. The highest BCUT2D eigenvalue weighted by Crippen LogP contribution is 2.38. The van der Waals surface area contributed by atoms with Gasteiger partial charge in [0, 0.05) is 12.5 Å². The number of rotatable bonds is 4. The third kappa shape index (κ3) is 2.45. The van der Waals surface area contributed by atoms with Gasteiger partial charge < -0.3 is 5.11 Å². The summed E-state index contributed by atoms with van der Waals surface area (Å²) in [5.41, 5.74) is -0.265. The maximum absolute atomic E-state index is 11.2. The number of aryl methyl sites for hydroxylation is 1. The predicted molar refractivity (Wildman–Crippen MR) is 67.3 cm³/mol. The Morgan fingerprint density at radius 1 is 1.47 bits per heavy atom. The van der Waals surface area contributed by atoms with Crippen LogP contribution in [0.2, 0.25) is 0 Å². The summed E-state index contributed by atoms with van der Waals surface area (Å²) in [7, 11) is 0. The minimum Gasteiger partial charge on any atom is -0.476 e. The summed E-state index contributed by atoms with van der Waals surface area (Å²) in [5.74, 6) is -1.27. The quantitative estimate of drug-likeness (QED) is 0.667. The number of aromatic nitrogens is 2. The lowest BCUT2D eigenvalue weighted by Gasteiger charge is -2.18. The third-order valence-electron chi connectivity index (χ3n) is 3.63. The molecule has 1 aromatic rings. The van der Waals surface area contributed by atoms with Crippen LogP contribution in [0.3, 0.4) is 0 Å². The van der Waals surface area contributed by atoms with Gasteiger partial charge in [-0.05, 0) is 19.8 Å². The summed E-state index contributed by atoms with van der Waals surface area (Å²) in [4.78, 5) is 21.8. The summed E-state index contributed by atoms with van der Waals surface area (Å²) in [6.45, 7) is 2.04. The molecule has 2 rings (SSSR count). The standard InChI is InChI=1S/C12H17N3O4/c1-2-14-11(12(16)17)10(15(18)19)9(13-14)8-6-4-3-5-7-8/h8H,2-7H2,1H3,(H,16,17). The van der Waals surface area contributed by atoms with E-state index < -0.39 is 10.9 Å². The first-order valence-electron chi connectivity index (χ1n) is 6.54. The molecule has 1 N–H and O–H groups in total. The fourth-order valence-electron chi connectivity index (χ4n) is 2.74. The van der Waals surface area contributed by atoms with Crippen LogP contribution in [0, 0.1) is 10.1 Å². The van der Waals surface area contributed by atoms with E-state index in [-0.39, 0.29) is 17.3 Å². The maximum Gasteiger partial charge on any atom is 0.361 e. The number of carboxylic acids is 1. The molecular formula is C12H17N3O4. The van der Waals surface area contributed by atoms with Gasteiger partial charge >= 0.3 is 11.7 Å². The second-order valence-corrected chi connectivity index (χ2v) is 4.80. The van der Waals surface area contributed by atoms with Crippen molar-refractivity contribution in [3.05, 3.63) is 21.5 Å². The minimum absolute atomic E-state index is 0.0139. The van der Waals surface area contributed by atoms with Gasteiger partial charge in [-0.1, -0.05) is 19.3 Å². The van der Waals surface area contributed by atoms with Crippen molar-refractivity contribution in [2.24, 2.45) is 0 Å². The molecule has 0 aromatic carbocycles. The fourth-order valence-corrected chi connectivity index (χ4v) is 2.74. The van der Waals surface area contributed by atoms with Gasteiger partial charge in [0.05, 0.1) is 4.92 Å². The number of nitrogens with zero attached hydrogens (tertiary/aromatic N) is 3. The Kier molecular flexibility index (Phi) is 3.82. The summed E-state index contributed by atoms with van der Waals surface area (Å²) in [5, 5.41) is 24.6. The molecule has 0 amide bonds. The largest absolute Gasteiger partial charge is 0.476 e. The SMILES string of the molecule is CCn1nc(C2CCCCC2)c([N+](=O)[O-])c1C(=O)O. The second-order valence-electron chi connectivity index (χ2n) is 4.80. The number of hydrogen-bond acceptors (Lipinski definition) is 4. The lowest BCUT2D eigenvalue weighted by atomic mass is 9.86. The van der Waals surface area contributed by atoms with E-state index in [4.69, 9.17) is 0 Å². The highest BCUT2D eigenvalue weighted by atomic mass is 16.6. The molecule has 19 heavy (non-hydrogen) atoms. The number of hydrogen-bond donors (Lipinski definition) is 1. The van der Waals surface area contributed by atoms with E-state index in [1.165, 1.54) is 4.68 Å². The van der Waals surface area contributed by atoms with Gasteiger partial charge in [0.2, 0.25) is 5.69 Å². The average Bonchev–Trinajstić information content (AvgIpc) is 2.79. The lowest BCUT2D eigenvalue weighted by Crippen LogP contribution is -2.10. The Bertz CT molecular complexity index is 503. The van der Waals surface area contributed by atoms with Gasteiger partial charge in [0.1, 0.15) is 5.69 Å². The van der Waals surface area contributed by atoms with Crippen LogP contribution in [0.4, 0.5) is 5.69 Å². The van der Waals surface area contributed by atoms with Crippen molar-refractivity contribution in [1.82, 2.24) is 9.78 Å². The van der Waals surface area contributed by atoms with Gasteiger partial charge in [-0.2, -0.15) is 5.10 Å². The van der Waals surface area contributed by atoms with Gasteiger partial charge in [0.25, 0.3) is 0 Å². The van der Waals surface area contributed by atoms with E-state index in [2.05, 4.69) is 5.10 Å². The number of nitro groups is 1. The van der Waals surface area contributed by atoms with Crippen molar-refractivity contribution < 1.29 is 14.8 Å². The zero-order chi connectivity index (χ0) is 14.0. The molecule has 1 aliphatic rings. The number of aromatic carboxylic acids is 1. The second kappa shape index (κ2) is 5.38. The molecule has 7 heteroatoms. The monoisotopic (exact) mass is 267 g/mol. The molecule has 0 saturated heterocycles. The van der Waals surface area contributed by atoms with E-state index in [0.717, 1.165) is 32.1 Å². The zero-order valence-corrected chi connectivity index (χ0v) is 10.8. The number of carbonyl (C=O) groups is 1. The first kappa shape index (κ1) is 13.5. The molecule has 0 aliphatic heterocycles. The highest BCUT2D eigenvalue weighted by molar-refractivity contribution is 5.91. The zero-order valence-electron chi connectivity index (χ0n) is 10.8. The molecule has 1 heterocycles. The Hall–Kier alpha value is -1.92. The van der Waals surface area contributed by atoms with E-state index in [0.29, 0.717) is 12.2 Å². The molecule has 0 spiro atoms. The van der Waals surface area contributed by atoms with E-state index in [9.17, 15) is 20.0 Å². The Morgan fingerprint density at radius 2 is 2.11 bits per heavy atom. The van der Waals surface area contributed by atoms with E-state index in [1.54, 1.807) is 6.92 Å². The van der Waals surface area contributed by atoms with Crippen LogP contribution < -0.4 is 0 Å². The topological polar surface area (TPSA) is 98.3 Å². The van der Waals surface area contributed by atoms with Crippen LogP contribution in [0.25, 0.3) is 0 Å². The van der Waals surface area contributed by atoms with Crippen LogP contribution in [-0.2, 0) is 6.54 Å². The van der Waals surface area contributed by atoms with Gasteiger partial charge in [-0.3, -0.25) is 14.8 Å². The normalized spacial score (nSPS) is 16.5. The molecule has 104 valence electrons. The average molecular weight is 267 g/mol. The smallest absolute Gasteiger partial charge is 0.361 e. The highest BCUT2D eigenvalue weighted by Gasteiger charge is 2.35. The van der Waals surface area contributed by atoms with Crippen molar-refractivity contribution in [1.29, 1.82) is 0 Å². The van der Waals surface area contributed by atoms with E-state index in [1.807, 2.05) is 0 Å². The molecular weight excluding hydrogens is 250 g/mol. The molecule has 1 aromatic heterocycles. The molecule has 1 fully saturated rings. The van der Waals surface area contributed by atoms with Gasteiger partial charge in [-0.15, -0.1) is 0 Å². The molecule has 1 aliphatic carbocycles. The van der Waals surface area contributed by atoms with Crippen molar-refractivity contribution in [2.75, 3.05) is 0 Å². The van der Waals surface area contributed by atoms with Gasteiger partial charge in [-0.25, -0.2) is 4.79 Å². The van der Waals surface area contributed by atoms with Crippen LogP contribution in [0.1, 0.15) is 61.1 Å². The fraction of sp³-hybridized carbons (Fsp3) is 0.667. The first-order chi connectivity index (χ1) is 9.06. The van der Waals surface area contributed by atoms with Crippen molar-refractivity contribution in [2.45, 2.75) is 51.5 Å². The van der Waals surface area contributed by atoms with Gasteiger partial charge in [0.15, 0.2) is 0 Å². The molecule has 0 unspecified atom stereocenters. The van der Waals surface area contributed by atoms with Crippen LogP contribution in [0.15, 0.2) is 0 Å². The van der Waals surface area contributed by atoms with Crippen LogP contribution >= 0.6 is 0 Å². The molecule has 0 bridgehead atoms. The van der Waals surface area contributed by atoms with E-state index >= 15 is 0 Å². The van der Waals surface area contributed by atoms with Crippen molar-refractivity contribution in [3.8, 4) is 0 Å². The summed E-state index contributed by atoms with van der Waals surface area (Å²) in [6.07, 6.45) is 4.86. The lowest BCUT2D eigenvalue weighted by molar-refractivity contribution is -0.386. The minimum atomic E-state index is -1.29. The molecule has 1 saturated carbocycles. The summed E-state index contributed by atoms with van der Waals surface area (Å²) in [6, 6.07) is 0. The van der Waals surface area contributed by atoms with Crippen LogP contribution in [-0.4, -0.2) is 25.8 Å². The third-order valence-corrected chi connectivity index (χ3v) is 3.63. The Morgan fingerprint density at radius 3 is 2.58 bits per heavy atom. The van der Waals surface area contributed by atoms with Crippen molar-refractivity contribution in [3.63, 3.8) is 0 Å². The van der Waals surface area contributed by atoms with Crippen molar-refractivity contribution >= 4 is 11.7 Å². The maximum atomic E-state index is 11.2. The number of carboxylic acid groups (broad SMARTS) is 1. The Balaban J connectivity index is 2.53. The molecule has 0 atom stereocenters. The molecule has 0 radical (unpaired) electrons. The van der Waals surface area contributed by atoms with Crippen LogP contribution in [0.5, 0.6) is 0 Å². The predicted octanol–water partition coefficient (Wildman–Crippen LogP) is 2.56.